The molecular formula is C26H21N3O2. The minimum absolute atomic E-state index is 0.354. The van der Waals surface area contributed by atoms with E-state index in [4.69, 9.17) is 5.26 Å². The third-order valence-corrected chi connectivity index (χ3v) is 5.31. The zero-order chi connectivity index (χ0) is 22.0. The highest BCUT2D eigenvalue weighted by Crippen LogP contribution is 2.36. The summed E-state index contributed by atoms with van der Waals surface area (Å²) in [6.45, 7) is 4.45. The molecule has 3 aromatic rings. The van der Waals surface area contributed by atoms with Gasteiger partial charge in [-0.05, 0) is 55.8 Å². The van der Waals surface area contributed by atoms with Crippen LogP contribution in [-0.4, -0.2) is 18.4 Å². The summed E-state index contributed by atoms with van der Waals surface area (Å²) in [4.78, 5) is 30.3. The van der Waals surface area contributed by atoms with E-state index in [1.165, 1.54) is 4.90 Å². The van der Waals surface area contributed by atoms with Crippen LogP contribution >= 0.6 is 0 Å². The first-order valence-corrected chi connectivity index (χ1v) is 10.1. The van der Waals surface area contributed by atoms with Crippen LogP contribution in [0.4, 0.5) is 11.4 Å². The average molecular weight is 407 g/mol. The Hall–Kier alpha value is -4.17. The Balaban J connectivity index is 1.88. The molecule has 3 aromatic carbocycles. The number of rotatable bonds is 5. The summed E-state index contributed by atoms with van der Waals surface area (Å²) in [6, 6.07) is 25.7. The Morgan fingerprint density at radius 3 is 2.10 bits per heavy atom. The van der Waals surface area contributed by atoms with Gasteiger partial charge in [-0.2, -0.15) is 5.26 Å². The molecule has 1 aliphatic rings. The molecule has 4 rings (SSSR count). The topological polar surface area (TPSA) is 64.4 Å². The van der Waals surface area contributed by atoms with Gasteiger partial charge in [0.2, 0.25) is 0 Å². The second-order valence-corrected chi connectivity index (χ2v) is 7.27. The maximum absolute atomic E-state index is 13.6. The van der Waals surface area contributed by atoms with Crippen LogP contribution in [0.2, 0.25) is 0 Å². The molecule has 0 bridgehead atoms. The molecule has 0 atom stereocenters. The molecule has 0 N–H and O–H groups in total. The lowest BCUT2D eigenvalue weighted by atomic mass is 10.0. The van der Waals surface area contributed by atoms with Crippen molar-refractivity contribution < 1.29 is 9.59 Å². The molecule has 0 unspecified atom stereocenters. The number of para-hydroxylation sites is 1. The third-order valence-electron chi connectivity index (χ3n) is 5.31. The molecule has 1 aliphatic heterocycles. The van der Waals surface area contributed by atoms with Crippen LogP contribution in [-0.2, 0) is 9.59 Å². The first-order valence-electron chi connectivity index (χ1n) is 10.1. The van der Waals surface area contributed by atoms with Gasteiger partial charge in [-0.25, -0.2) is 4.90 Å². The van der Waals surface area contributed by atoms with E-state index in [0.29, 0.717) is 34.6 Å². The van der Waals surface area contributed by atoms with Gasteiger partial charge >= 0.3 is 0 Å². The summed E-state index contributed by atoms with van der Waals surface area (Å²) in [5.41, 5.74) is 4.25. The highest BCUT2D eigenvalue weighted by Gasteiger charge is 2.42. The van der Waals surface area contributed by atoms with E-state index in [-0.39, 0.29) is 11.8 Å². The number of aryl methyl sites for hydroxylation is 1. The molecule has 0 fully saturated rings. The number of nitriles is 1. The van der Waals surface area contributed by atoms with Crippen molar-refractivity contribution in [3.63, 3.8) is 0 Å². The lowest BCUT2D eigenvalue weighted by molar-refractivity contribution is -0.120. The van der Waals surface area contributed by atoms with Crippen LogP contribution in [0, 0.1) is 18.3 Å². The summed E-state index contributed by atoms with van der Waals surface area (Å²) >= 11 is 0. The van der Waals surface area contributed by atoms with Crippen molar-refractivity contribution in [3.05, 3.63) is 101 Å². The monoisotopic (exact) mass is 407 g/mol. The summed E-state index contributed by atoms with van der Waals surface area (Å²) in [5.74, 6) is -0.751. The van der Waals surface area contributed by atoms with Gasteiger partial charge in [-0.1, -0.05) is 48.0 Å². The number of hydrogen-bond donors (Lipinski definition) is 0. The number of imide groups is 1. The second kappa shape index (κ2) is 8.29. The number of nitrogens with zero attached hydrogens (tertiary/aromatic N) is 3. The summed E-state index contributed by atoms with van der Waals surface area (Å²) in [6.07, 6.45) is 0. The Bertz CT molecular complexity index is 1200. The van der Waals surface area contributed by atoms with Gasteiger partial charge in [0, 0.05) is 12.2 Å². The van der Waals surface area contributed by atoms with E-state index >= 15 is 0 Å². The van der Waals surface area contributed by atoms with E-state index in [9.17, 15) is 9.59 Å². The molecule has 31 heavy (non-hydrogen) atoms. The Morgan fingerprint density at radius 1 is 0.871 bits per heavy atom. The highest BCUT2D eigenvalue weighted by molar-refractivity contribution is 6.46. The molecule has 152 valence electrons. The van der Waals surface area contributed by atoms with Crippen LogP contribution < -0.4 is 9.80 Å². The summed E-state index contributed by atoms with van der Waals surface area (Å²) in [5, 5.41) is 9.07. The first kappa shape index (κ1) is 20.1. The second-order valence-electron chi connectivity index (χ2n) is 7.27. The summed E-state index contributed by atoms with van der Waals surface area (Å²) in [7, 11) is 0. The fourth-order valence-electron chi connectivity index (χ4n) is 3.75. The van der Waals surface area contributed by atoms with E-state index in [1.54, 1.807) is 24.3 Å². The first-order chi connectivity index (χ1) is 15.0. The lowest BCUT2D eigenvalue weighted by Gasteiger charge is -2.25. The van der Waals surface area contributed by atoms with Crippen molar-refractivity contribution >= 4 is 28.8 Å². The van der Waals surface area contributed by atoms with Gasteiger partial charge in [-0.15, -0.1) is 0 Å². The van der Waals surface area contributed by atoms with Crippen LogP contribution in [0.3, 0.4) is 0 Å². The number of anilines is 2. The standard InChI is InChI=1S/C26H21N3O2/c1-3-28(21-7-5-4-6-8-21)24-23(20-13-9-18(2)10-14-20)25(30)29(26(24)31)22-15-11-19(17-27)12-16-22/h4-16H,3H2,1-2H3. The number of hydrogen-bond acceptors (Lipinski definition) is 4. The molecule has 0 aromatic heterocycles. The zero-order valence-electron chi connectivity index (χ0n) is 17.4. The van der Waals surface area contributed by atoms with Gasteiger partial charge < -0.3 is 4.90 Å². The molecule has 0 saturated carbocycles. The third kappa shape index (κ3) is 3.60. The largest absolute Gasteiger partial charge is 0.337 e. The predicted molar refractivity (Wildman–Crippen MR) is 121 cm³/mol. The number of carbonyl (C=O) groups excluding carboxylic acids is 2. The van der Waals surface area contributed by atoms with Crippen molar-refractivity contribution in [1.29, 1.82) is 5.26 Å². The van der Waals surface area contributed by atoms with Gasteiger partial charge in [0.25, 0.3) is 11.8 Å². The maximum Gasteiger partial charge on any atom is 0.282 e. The van der Waals surface area contributed by atoms with Crippen LogP contribution in [0.15, 0.2) is 84.6 Å². The van der Waals surface area contributed by atoms with Crippen molar-refractivity contribution in [2.75, 3.05) is 16.3 Å². The van der Waals surface area contributed by atoms with Crippen LogP contribution in [0.1, 0.15) is 23.6 Å². The van der Waals surface area contributed by atoms with E-state index in [0.717, 1.165) is 11.3 Å². The number of carbonyl (C=O) groups is 2. The van der Waals surface area contributed by atoms with E-state index in [1.807, 2.05) is 73.3 Å². The quantitative estimate of drug-likeness (QED) is 0.576. The van der Waals surface area contributed by atoms with E-state index < -0.39 is 0 Å². The lowest BCUT2D eigenvalue weighted by Crippen LogP contribution is -2.35. The normalized spacial score (nSPS) is 13.5. The number of benzene rings is 3. The number of likely N-dealkylation sites (N-methyl/N-ethyl adjacent to an activating group) is 1. The molecule has 0 spiro atoms. The van der Waals surface area contributed by atoms with Crippen LogP contribution in [0.25, 0.3) is 5.57 Å². The maximum atomic E-state index is 13.6. The Labute approximate surface area is 181 Å². The number of amides is 2. The molecule has 0 aliphatic carbocycles. The molecule has 0 saturated heterocycles. The molecule has 1 heterocycles. The minimum atomic E-state index is -0.379. The van der Waals surface area contributed by atoms with Crippen molar-refractivity contribution in [3.8, 4) is 6.07 Å². The SMILES string of the molecule is CCN(C1=C(c2ccc(C)cc2)C(=O)N(c2ccc(C#N)cc2)C1=O)c1ccccc1. The minimum Gasteiger partial charge on any atom is -0.337 e. The van der Waals surface area contributed by atoms with Crippen LogP contribution in [0.5, 0.6) is 0 Å². The smallest absolute Gasteiger partial charge is 0.282 e. The predicted octanol–water partition coefficient (Wildman–Crippen LogP) is 4.68. The van der Waals surface area contributed by atoms with Gasteiger partial charge in [0.1, 0.15) is 5.70 Å². The average Bonchev–Trinajstić information content (AvgIpc) is 3.06. The van der Waals surface area contributed by atoms with Crippen molar-refractivity contribution in [2.24, 2.45) is 0 Å². The summed E-state index contributed by atoms with van der Waals surface area (Å²) < 4.78 is 0. The van der Waals surface area contributed by atoms with Gasteiger partial charge in [0.15, 0.2) is 0 Å². The van der Waals surface area contributed by atoms with Gasteiger partial charge in [0.05, 0.1) is 22.9 Å². The van der Waals surface area contributed by atoms with Crippen molar-refractivity contribution in [2.45, 2.75) is 13.8 Å². The highest BCUT2D eigenvalue weighted by atomic mass is 16.2. The molecule has 5 heteroatoms. The van der Waals surface area contributed by atoms with Gasteiger partial charge in [-0.3, -0.25) is 9.59 Å². The van der Waals surface area contributed by atoms with Crippen molar-refractivity contribution in [1.82, 2.24) is 0 Å². The zero-order valence-corrected chi connectivity index (χ0v) is 17.4. The molecular weight excluding hydrogens is 386 g/mol. The molecule has 0 radical (unpaired) electrons. The fourth-order valence-corrected chi connectivity index (χ4v) is 3.75. The molecule has 2 amide bonds. The Morgan fingerprint density at radius 2 is 1.52 bits per heavy atom. The molecule has 5 nitrogen and oxygen atoms in total. The Kier molecular flexibility index (Phi) is 5.38. The fraction of sp³-hybridized carbons (Fsp3) is 0.115. The van der Waals surface area contributed by atoms with E-state index in [2.05, 4.69) is 6.07 Å².